The van der Waals surface area contributed by atoms with Crippen molar-refractivity contribution in [2.75, 3.05) is 13.1 Å². The lowest BCUT2D eigenvalue weighted by Gasteiger charge is -2.33. The predicted molar refractivity (Wildman–Crippen MR) is 86.1 cm³/mol. The van der Waals surface area contributed by atoms with Gasteiger partial charge in [-0.25, -0.2) is 8.42 Å². The summed E-state index contributed by atoms with van der Waals surface area (Å²) >= 11 is 1.26. The molecule has 1 N–H and O–H groups in total. The molecule has 0 bridgehead atoms. The van der Waals surface area contributed by atoms with E-state index in [9.17, 15) is 13.2 Å². The fraction of sp³-hybridized carbons (Fsp3) is 0.667. The first-order valence-corrected chi connectivity index (χ1v) is 10.1. The normalized spacial score (nSPS) is 22.4. The average Bonchev–Trinajstić information content (AvgIpc) is 3.15. The van der Waals surface area contributed by atoms with Crippen molar-refractivity contribution < 1.29 is 13.2 Å². The van der Waals surface area contributed by atoms with Crippen LogP contribution in [0.4, 0.5) is 0 Å². The molecular formula is C15H22N2O3S2. The van der Waals surface area contributed by atoms with Gasteiger partial charge in [-0.05, 0) is 43.0 Å². The van der Waals surface area contributed by atoms with Gasteiger partial charge in [0, 0.05) is 25.0 Å². The summed E-state index contributed by atoms with van der Waals surface area (Å²) < 4.78 is 26.9. The Morgan fingerprint density at radius 1 is 1.32 bits per heavy atom. The monoisotopic (exact) mass is 342 g/mol. The molecule has 22 heavy (non-hydrogen) atoms. The molecule has 2 heterocycles. The number of piperidine rings is 1. The number of amides is 1. The van der Waals surface area contributed by atoms with Gasteiger partial charge in [0.25, 0.3) is 10.0 Å². The smallest absolute Gasteiger partial charge is 0.252 e. The van der Waals surface area contributed by atoms with Crippen LogP contribution in [0.3, 0.4) is 0 Å². The van der Waals surface area contributed by atoms with Crippen molar-refractivity contribution in [2.24, 2.45) is 11.8 Å². The van der Waals surface area contributed by atoms with E-state index in [1.807, 2.05) is 6.92 Å². The molecular weight excluding hydrogens is 320 g/mol. The third-order valence-electron chi connectivity index (χ3n) is 4.63. The molecule has 5 nitrogen and oxygen atoms in total. The van der Waals surface area contributed by atoms with Gasteiger partial charge in [-0.1, -0.05) is 13.0 Å². The highest BCUT2D eigenvalue weighted by molar-refractivity contribution is 7.91. The number of carbonyl (C=O) groups excluding carboxylic acids is 1. The lowest BCUT2D eigenvalue weighted by atomic mass is 9.85. The molecule has 1 aromatic heterocycles. The number of hydrogen-bond donors (Lipinski definition) is 1. The standard InChI is InChI=1S/C15H22N2O3S2/c1-11(15(18)16-13-4-5-13)12-6-8-17(9-7-12)22(19,20)14-3-2-10-21-14/h2-3,10-13H,4-9H2,1H3,(H,16,18)/t11-/m1/s1. The van der Waals surface area contributed by atoms with Crippen molar-refractivity contribution in [3.05, 3.63) is 17.5 Å². The van der Waals surface area contributed by atoms with E-state index in [0.717, 1.165) is 25.7 Å². The van der Waals surface area contributed by atoms with Crippen LogP contribution in [0.1, 0.15) is 32.6 Å². The van der Waals surface area contributed by atoms with E-state index in [1.54, 1.807) is 21.8 Å². The highest BCUT2D eigenvalue weighted by atomic mass is 32.2. The topological polar surface area (TPSA) is 66.5 Å². The maximum atomic E-state index is 12.5. The molecule has 1 saturated carbocycles. The van der Waals surface area contributed by atoms with E-state index < -0.39 is 10.0 Å². The lowest BCUT2D eigenvalue weighted by molar-refractivity contribution is -0.126. The quantitative estimate of drug-likeness (QED) is 0.891. The second-order valence-electron chi connectivity index (χ2n) is 6.25. The van der Waals surface area contributed by atoms with Crippen LogP contribution < -0.4 is 5.32 Å². The number of carbonyl (C=O) groups is 1. The summed E-state index contributed by atoms with van der Waals surface area (Å²) in [6.45, 7) is 2.98. The first-order valence-electron chi connectivity index (χ1n) is 7.82. The van der Waals surface area contributed by atoms with Crippen molar-refractivity contribution in [1.82, 2.24) is 9.62 Å². The number of nitrogens with one attached hydrogen (secondary N) is 1. The molecule has 1 aliphatic carbocycles. The molecule has 0 spiro atoms. The first-order chi connectivity index (χ1) is 10.5. The van der Waals surface area contributed by atoms with E-state index in [1.165, 1.54) is 11.3 Å². The van der Waals surface area contributed by atoms with E-state index in [4.69, 9.17) is 0 Å². The zero-order valence-corrected chi connectivity index (χ0v) is 14.3. The van der Waals surface area contributed by atoms with Crippen LogP contribution in [-0.2, 0) is 14.8 Å². The molecule has 122 valence electrons. The number of nitrogens with zero attached hydrogens (tertiary/aromatic N) is 1. The average molecular weight is 342 g/mol. The molecule has 1 amide bonds. The molecule has 1 aliphatic heterocycles. The molecule has 0 radical (unpaired) electrons. The van der Waals surface area contributed by atoms with Crippen LogP contribution in [0.2, 0.25) is 0 Å². The van der Waals surface area contributed by atoms with Gasteiger partial charge >= 0.3 is 0 Å². The molecule has 2 aliphatic rings. The summed E-state index contributed by atoms with van der Waals surface area (Å²) in [4.78, 5) is 12.1. The van der Waals surface area contributed by atoms with Gasteiger partial charge in [0.15, 0.2) is 0 Å². The number of hydrogen-bond acceptors (Lipinski definition) is 4. The maximum Gasteiger partial charge on any atom is 0.252 e. The fourth-order valence-electron chi connectivity index (χ4n) is 2.93. The van der Waals surface area contributed by atoms with Crippen molar-refractivity contribution in [1.29, 1.82) is 0 Å². The minimum Gasteiger partial charge on any atom is -0.353 e. The Morgan fingerprint density at radius 2 is 2.00 bits per heavy atom. The Hall–Kier alpha value is -0.920. The van der Waals surface area contributed by atoms with Gasteiger partial charge in [0.05, 0.1) is 0 Å². The Morgan fingerprint density at radius 3 is 2.55 bits per heavy atom. The summed E-state index contributed by atoms with van der Waals surface area (Å²) in [6.07, 6.45) is 3.69. The predicted octanol–water partition coefficient (Wildman–Crippen LogP) is 2.06. The van der Waals surface area contributed by atoms with Gasteiger partial charge in [0.2, 0.25) is 5.91 Å². The molecule has 0 unspecified atom stereocenters. The number of rotatable bonds is 5. The summed E-state index contributed by atoms with van der Waals surface area (Å²) in [5.41, 5.74) is 0. The Bertz CT molecular complexity index is 615. The molecule has 0 aromatic carbocycles. The van der Waals surface area contributed by atoms with Crippen LogP contribution in [0.15, 0.2) is 21.7 Å². The molecule has 7 heteroatoms. The van der Waals surface area contributed by atoms with Gasteiger partial charge in [-0.15, -0.1) is 11.3 Å². The first kappa shape index (κ1) is 16.0. The maximum absolute atomic E-state index is 12.5. The summed E-state index contributed by atoms with van der Waals surface area (Å²) in [6, 6.07) is 3.79. The highest BCUT2D eigenvalue weighted by Crippen LogP contribution is 2.30. The van der Waals surface area contributed by atoms with Gasteiger partial charge in [-0.2, -0.15) is 4.31 Å². The number of thiophene rings is 1. The Balaban J connectivity index is 1.57. The fourth-order valence-corrected chi connectivity index (χ4v) is 5.54. The van der Waals surface area contributed by atoms with E-state index >= 15 is 0 Å². The SMILES string of the molecule is C[C@@H](C(=O)NC1CC1)C1CCN(S(=O)(=O)c2cccs2)CC1. The number of sulfonamides is 1. The van der Waals surface area contributed by atoms with Crippen LogP contribution in [0.5, 0.6) is 0 Å². The van der Waals surface area contributed by atoms with E-state index in [-0.39, 0.29) is 17.7 Å². The van der Waals surface area contributed by atoms with Crippen molar-refractivity contribution in [2.45, 2.75) is 42.9 Å². The lowest BCUT2D eigenvalue weighted by Crippen LogP contribution is -2.42. The second kappa shape index (κ2) is 6.29. The molecule has 2 fully saturated rings. The van der Waals surface area contributed by atoms with Gasteiger partial charge in [0.1, 0.15) is 4.21 Å². The second-order valence-corrected chi connectivity index (χ2v) is 9.36. The molecule has 1 aromatic rings. The molecule has 1 atom stereocenters. The third kappa shape index (κ3) is 3.36. The van der Waals surface area contributed by atoms with Crippen LogP contribution in [0.25, 0.3) is 0 Å². The molecule has 3 rings (SSSR count). The van der Waals surface area contributed by atoms with Crippen LogP contribution in [-0.4, -0.2) is 37.8 Å². The Labute approximate surface area is 135 Å². The zero-order chi connectivity index (χ0) is 15.7. The van der Waals surface area contributed by atoms with Crippen LogP contribution >= 0.6 is 11.3 Å². The summed E-state index contributed by atoms with van der Waals surface area (Å²) in [5.74, 6) is 0.364. The van der Waals surface area contributed by atoms with E-state index in [0.29, 0.717) is 23.3 Å². The summed E-state index contributed by atoms with van der Waals surface area (Å²) in [5, 5.41) is 4.83. The minimum absolute atomic E-state index is 0.0350. The van der Waals surface area contributed by atoms with Crippen molar-refractivity contribution in [3.63, 3.8) is 0 Å². The Kier molecular flexibility index (Phi) is 4.56. The van der Waals surface area contributed by atoms with Crippen molar-refractivity contribution in [3.8, 4) is 0 Å². The van der Waals surface area contributed by atoms with E-state index in [2.05, 4.69) is 5.32 Å². The minimum atomic E-state index is -3.35. The highest BCUT2D eigenvalue weighted by Gasteiger charge is 2.35. The van der Waals surface area contributed by atoms with Crippen LogP contribution in [0, 0.1) is 11.8 Å². The largest absolute Gasteiger partial charge is 0.353 e. The third-order valence-corrected chi connectivity index (χ3v) is 7.90. The summed E-state index contributed by atoms with van der Waals surface area (Å²) in [7, 11) is -3.35. The van der Waals surface area contributed by atoms with Gasteiger partial charge in [-0.3, -0.25) is 4.79 Å². The molecule has 1 saturated heterocycles. The van der Waals surface area contributed by atoms with Crippen molar-refractivity contribution >= 4 is 27.3 Å². The zero-order valence-electron chi connectivity index (χ0n) is 12.7. The van der Waals surface area contributed by atoms with Gasteiger partial charge < -0.3 is 5.32 Å².